The summed E-state index contributed by atoms with van der Waals surface area (Å²) in [5, 5.41) is 4.67. The van der Waals surface area contributed by atoms with E-state index >= 15 is 0 Å². The van der Waals surface area contributed by atoms with Crippen molar-refractivity contribution >= 4 is 10.9 Å². The fraction of sp³-hybridized carbons (Fsp3) is 0.438. The Morgan fingerprint density at radius 3 is 2.83 bits per heavy atom. The lowest BCUT2D eigenvalue weighted by Crippen LogP contribution is -2.10. The molecule has 1 heterocycles. The molecule has 0 fully saturated rings. The van der Waals surface area contributed by atoms with E-state index in [1.165, 1.54) is 51.7 Å². The average Bonchev–Trinajstić information content (AvgIpc) is 2.78. The van der Waals surface area contributed by atoms with Crippen molar-refractivity contribution in [1.29, 1.82) is 0 Å². The van der Waals surface area contributed by atoms with Gasteiger partial charge in [-0.1, -0.05) is 11.6 Å². The van der Waals surface area contributed by atoms with Gasteiger partial charge in [-0.05, 0) is 62.9 Å². The Hall–Kier alpha value is -1.41. The molecular weight excluding hydrogens is 220 g/mol. The number of nitrogens with zero attached hydrogens (tertiary/aromatic N) is 1. The molecule has 1 aromatic carbocycles. The van der Waals surface area contributed by atoms with Crippen molar-refractivity contribution in [2.75, 3.05) is 7.05 Å². The second-order valence-corrected chi connectivity index (χ2v) is 5.38. The van der Waals surface area contributed by atoms with Crippen LogP contribution in [0.15, 0.2) is 12.1 Å². The van der Waals surface area contributed by atoms with Crippen molar-refractivity contribution in [3.63, 3.8) is 0 Å². The van der Waals surface area contributed by atoms with Crippen molar-refractivity contribution in [1.82, 2.24) is 10.3 Å². The first-order valence-electron chi connectivity index (χ1n) is 6.77. The first-order valence-corrected chi connectivity index (χ1v) is 6.77. The SMILES string of the molecule is CNCc1c2c(nc3c(C)cc(C)cc13)CCC2. The Morgan fingerprint density at radius 1 is 1.22 bits per heavy atom. The predicted molar refractivity (Wildman–Crippen MR) is 76.0 cm³/mol. The van der Waals surface area contributed by atoms with Crippen molar-refractivity contribution in [3.05, 3.63) is 40.1 Å². The van der Waals surface area contributed by atoms with Gasteiger partial charge < -0.3 is 5.32 Å². The van der Waals surface area contributed by atoms with Crippen LogP contribution in [0.5, 0.6) is 0 Å². The first kappa shape index (κ1) is 11.7. The Balaban J connectivity index is 2.38. The van der Waals surface area contributed by atoms with Gasteiger partial charge in [0.25, 0.3) is 0 Å². The van der Waals surface area contributed by atoms with Gasteiger partial charge in [-0.2, -0.15) is 0 Å². The number of nitrogens with one attached hydrogen (secondary N) is 1. The highest BCUT2D eigenvalue weighted by molar-refractivity contribution is 5.87. The van der Waals surface area contributed by atoms with Gasteiger partial charge in [0.2, 0.25) is 0 Å². The third-order valence-electron chi connectivity index (χ3n) is 3.92. The van der Waals surface area contributed by atoms with Crippen LogP contribution in [0.4, 0.5) is 0 Å². The molecule has 2 aromatic rings. The lowest BCUT2D eigenvalue weighted by Gasteiger charge is -2.14. The van der Waals surface area contributed by atoms with E-state index in [1.807, 2.05) is 7.05 Å². The number of benzene rings is 1. The van der Waals surface area contributed by atoms with Crippen LogP contribution in [0.3, 0.4) is 0 Å². The molecule has 2 heteroatoms. The van der Waals surface area contributed by atoms with Gasteiger partial charge in [-0.15, -0.1) is 0 Å². The van der Waals surface area contributed by atoms with Crippen LogP contribution in [-0.4, -0.2) is 12.0 Å². The van der Waals surface area contributed by atoms with Crippen LogP contribution in [0.2, 0.25) is 0 Å². The molecule has 1 aliphatic rings. The van der Waals surface area contributed by atoms with E-state index in [1.54, 1.807) is 0 Å². The molecule has 0 radical (unpaired) electrons. The molecule has 0 saturated heterocycles. The largest absolute Gasteiger partial charge is 0.316 e. The normalized spacial score (nSPS) is 14.2. The summed E-state index contributed by atoms with van der Waals surface area (Å²) in [6.45, 7) is 5.29. The number of hydrogen-bond acceptors (Lipinski definition) is 2. The third kappa shape index (κ3) is 1.72. The van der Waals surface area contributed by atoms with E-state index < -0.39 is 0 Å². The molecule has 0 bridgehead atoms. The van der Waals surface area contributed by atoms with Gasteiger partial charge in [-0.25, -0.2) is 0 Å². The number of pyridine rings is 1. The highest BCUT2D eigenvalue weighted by Gasteiger charge is 2.19. The predicted octanol–water partition coefficient (Wildman–Crippen LogP) is 3.06. The summed E-state index contributed by atoms with van der Waals surface area (Å²) in [4.78, 5) is 4.91. The van der Waals surface area contributed by atoms with Crippen molar-refractivity contribution in [3.8, 4) is 0 Å². The maximum atomic E-state index is 4.91. The van der Waals surface area contributed by atoms with Gasteiger partial charge in [0.15, 0.2) is 0 Å². The fourth-order valence-corrected chi connectivity index (χ4v) is 3.19. The first-order chi connectivity index (χ1) is 8.70. The molecule has 0 aliphatic heterocycles. The summed E-state index contributed by atoms with van der Waals surface area (Å²) in [5.41, 5.74) is 8.14. The summed E-state index contributed by atoms with van der Waals surface area (Å²) in [6, 6.07) is 4.53. The summed E-state index contributed by atoms with van der Waals surface area (Å²) < 4.78 is 0. The number of aromatic nitrogens is 1. The molecule has 18 heavy (non-hydrogen) atoms. The fourth-order valence-electron chi connectivity index (χ4n) is 3.19. The smallest absolute Gasteiger partial charge is 0.0738 e. The van der Waals surface area contributed by atoms with Crippen LogP contribution < -0.4 is 5.32 Å². The van der Waals surface area contributed by atoms with Gasteiger partial charge in [0.05, 0.1) is 5.52 Å². The van der Waals surface area contributed by atoms with E-state index in [2.05, 4.69) is 31.3 Å². The van der Waals surface area contributed by atoms with Crippen LogP contribution in [0.1, 0.15) is 34.4 Å². The van der Waals surface area contributed by atoms with Crippen LogP contribution in [0, 0.1) is 13.8 Å². The maximum Gasteiger partial charge on any atom is 0.0738 e. The van der Waals surface area contributed by atoms with Crippen molar-refractivity contribution < 1.29 is 0 Å². The van der Waals surface area contributed by atoms with E-state index in [4.69, 9.17) is 4.98 Å². The summed E-state index contributed by atoms with van der Waals surface area (Å²) >= 11 is 0. The monoisotopic (exact) mass is 240 g/mol. The molecule has 94 valence electrons. The Bertz CT molecular complexity index is 614. The standard InChI is InChI=1S/C16H20N2/c1-10-7-11(2)16-13(8-10)14(9-17-3)12-5-4-6-15(12)18-16/h7-8,17H,4-6,9H2,1-3H3. The Morgan fingerprint density at radius 2 is 2.06 bits per heavy atom. The quantitative estimate of drug-likeness (QED) is 0.872. The van der Waals surface area contributed by atoms with Gasteiger partial charge in [0, 0.05) is 17.6 Å². The van der Waals surface area contributed by atoms with E-state index in [9.17, 15) is 0 Å². The molecule has 0 saturated carbocycles. The summed E-state index contributed by atoms with van der Waals surface area (Å²) in [5.74, 6) is 0. The number of hydrogen-bond donors (Lipinski definition) is 1. The zero-order valence-corrected chi connectivity index (χ0v) is 11.4. The van der Waals surface area contributed by atoms with Crippen LogP contribution >= 0.6 is 0 Å². The summed E-state index contributed by atoms with van der Waals surface area (Å²) in [6.07, 6.45) is 3.60. The molecular formula is C16H20N2. The molecule has 2 nitrogen and oxygen atoms in total. The zero-order valence-electron chi connectivity index (χ0n) is 11.4. The van der Waals surface area contributed by atoms with Gasteiger partial charge in [0.1, 0.15) is 0 Å². The maximum absolute atomic E-state index is 4.91. The Labute approximate surface area is 108 Å². The lowest BCUT2D eigenvalue weighted by atomic mass is 9.97. The van der Waals surface area contributed by atoms with E-state index in [0.717, 1.165) is 13.0 Å². The van der Waals surface area contributed by atoms with Gasteiger partial charge in [-0.3, -0.25) is 4.98 Å². The highest BCUT2D eigenvalue weighted by atomic mass is 14.8. The molecule has 0 atom stereocenters. The Kier molecular flexibility index (Phi) is 2.83. The second kappa shape index (κ2) is 4.36. The molecule has 0 unspecified atom stereocenters. The van der Waals surface area contributed by atoms with E-state index in [-0.39, 0.29) is 0 Å². The van der Waals surface area contributed by atoms with Crippen molar-refractivity contribution in [2.45, 2.75) is 39.7 Å². The zero-order chi connectivity index (χ0) is 12.7. The van der Waals surface area contributed by atoms with Gasteiger partial charge >= 0.3 is 0 Å². The average molecular weight is 240 g/mol. The molecule has 3 rings (SSSR count). The number of rotatable bonds is 2. The van der Waals surface area contributed by atoms with E-state index in [0.29, 0.717) is 0 Å². The topological polar surface area (TPSA) is 24.9 Å². The minimum Gasteiger partial charge on any atom is -0.316 e. The molecule has 0 amide bonds. The van der Waals surface area contributed by atoms with Crippen LogP contribution in [-0.2, 0) is 19.4 Å². The molecule has 1 N–H and O–H groups in total. The molecule has 1 aromatic heterocycles. The molecule has 1 aliphatic carbocycles. The van der Waals surface area contributed by atoms with Crippen LogP contribution in [0.25, 0.3) is 10.9 Å². The number of aryl methyl sites for hydroxylation is 3. The van der Waals surface area contributed by atoms with Crippen molar-refractivity contribution in [2.24, 2.45) is 0 Å². The second-order valence-electron chi connectivity index (χ2n) is 5.38. The number of fused-ring (bicyclic) bond motifs is 2. The minimum atomic E-state index is 0.949. The minimum absolute atomic E-state index is 0.949. The summed E-state index contributed by atoms with van der Waals surface area (Å²) in [7, 11) is 2.02. The third-order valence-corrected chi connectivity index (χ3v) is 3.92. The lowest BCUT2D eigenvalue weighted by molar-refractivity contribution is 0.809. The molecule has 0 spiro atoms. The highest BCUT2D eigenvalue weighted by Crippen LogP contribution is 2.31.